The summed E-state index contributed by atoms with van der Waals surface area (Å²) in [4.78, 5) is 2.36. The lowest BCUT2D eigenvalue weighted by atomic mass is 10.1. The van der Waals surface area contributed by atoms with Gasteiger partial charge in [0.2, 0.25) is 0 Å². The highest BCUT2D eigenvalue weighted by Crippen LogP contribution is 2.21. The molecular weight excluding hydrogens is 248 g/mol. The Hall–Kier alpha value is -1.06. The number of nitrogens with one attached hydrogen (secondary N) is 1. The Morgan fingerprint density at radius 3 is 2.55 bits per heavy atom. The Morgan fingerprint density at radius 2 is 2.05 bits per heavy atom. The van der Waals surface area contributed by atoms with Gasteiger partial charge in [0, 0.05) is 18.1 Å². The predicted octanol–water partition coefficient (Wildman–Crippen LogP) is 3.87. The van der Waals surface area contributed by atoms with Gasteiger partial charge >= 0.3 is 0 Å². The SMILES string of the molecule is C=CCN(Cc1cc(C)c(CNC(C)C)o1)C(C)(C)C. The highest BCUT2D eigenvalue weighted by atomic mass is 16.3. The maximum absolute atomic E-state index is 6.00. The van der Waals surface area contributed by atoms with Crippen molar-refractivity contribution in [3.63, 3.8) is 0 Å². The maximum atomic E-state index is 6.00. The Kier molecular flexibility index (Phi) is 6.03. The molecule has 0 saturated heterocycles. The quantitative estimate of drug-likeness (QED) is 0.767. The minimum absolute atomic E-state index is 0.102. The summed E-state index contributed by atoms with van der Waals surface area (Å²) in [6.45, 7) is 19.4. The summed E-state index contributed by atoms with van der Waals surface area (Å²) in [5.41, 5.74) is 1.33. The Labute approximate surface area is 124 Å². The zero-order valence-corrected chi connectivity index (χ0v) is 13.9. The summed E-state index contributed by atoms with van der Waals surface area (Å²) < 4.78 is 6.00. The second-order valence-electron chi connectivity index (χ2n) is 6.69. The van der Waals surface area contributed by atoms with Crippen LogP contribution in [0.15, 0.2) is 23.1 Å². The van der Waals surface area contributed by atoms with Crippen LogP contribution in [0.25, 0.3) is 0 Å². The molecule has 114 valence electrons. The molecule has 0 atom stereocenters. The van der Waals surface area contributed by atoms with E-state index in [0.29, 0.717) is 6.04 Å². The molecule has 1 heterocycles. The van der Waals surface area contributed by atoms with Crippen LogP contribution in [0.4, 0.5) is 0 Å². The highest BCUT2D eigenvalue weighted by molar-refractivity contribution is 5.20. The van der Waals surface area contributed by atoms with E-state index >= 15 is 0 Å². The topological polar surface area (TPSA) is 28.4 Å². The summed E-state index contributed by atoms with van der Waals surface area (Å²) in [6, 6.07) is 2.62. The predicted molar refractivity (Wildman–Crippen MR) is 85.8 cm³/mol. The molecule has 0 aliphatic heterocycles. The smallest absolute Gasteiger partial charge is 0.120 e. The number of nitrogens with zero attached hydrogens (tertiary/aromatic N) is 1. The number of hydrogen-bond donors (Lipinski definition) is 1. The van der Waals surface area contributed by atoms with Crippen LogP contribution in [-0.4, -0.2) is 23.0 Å². The number of rotatable bonds is 7. The summed E-state index contributed by atoms with van der Waals surface area (Å²) in [5.74, 6) is 2.07. The van der Waals surface area contributed by atoms with E-state index in [1.54, 1.807) is 0 Å². The van der Waals surface area contributed by atoms with Crippen molar-refractivity contribution in [3.05, 3.63) is 35.8 Å². The molecule has 3 nitrogen and oxygen atoms in total. The standard InChI is InChI=1S/C17H30N2O/c1-8-9-19(17(5,6)7)12-15-10-14(4)16(20-15)11-18-13(2)3/h8,10,13,18H,1,9,11-12H2,2-7H3. The van der Waals surface area contributed by atoms with E-state index in [4.69, 9.17) is 4.42 Å². The average molecular weight is 278 g/mol. The fourth-order valence-corrected chi connectivity index (χ4v) is 2.06. The van der Waals surface area contributed by atoms with Crippen molar-refractivity contribution < 1.29 is 4.42 Å². The lowest BCUT2D eigenvalue weighted by molar-refractivity contribution is 0.133. The van der Waals surface area contributed by atoms with E-state index in [1.807, 2.05) is 6.08 Å². The molecule has 0 fully saturated rings. The van der Waals surface area contributed by atoms with Gasteiger partial charge in [-0.2, -0.15) is 0 Å². The summed E-state index contributed by atoms with van der Waals surface area (Å²) >= 11 is 0. The van der Waals surface area contributed by atoms with Crippen LogP contribution in [0.1, 0.15) is 51.7 Å². The molecule has 1 aromatic rings. The summed E-state index contributed by atoms with van der Waals surface area (Å²) in [6.07, 6.45) is 1.95. The monoisotopic (exact) mass is 278 g/mol. The van der Waals surface area contributed by atoms with Crippen LogP contribution < -0.4 is 5.32 Å². The van der Waals surface area contributed by atoms with Crippen molar-refractivity contribution in [2.24, 2.45) is 0 Å². The average Bonchev–Trinajstić information content (AvgIpc) is 2.65. The number of aryl methyl sites for hydroxylation is 1. The van der Waals surface area contributed by atoms with Gasteiger partial charge in [0.15, 0.2) is 0 Å². The zero-order chi connectivity index (χ0) is 15.3. The molecule has 3 heteroatoms. The van der Waals surface area contributed by atoms with Gasteiger partial charge in [-0.3, -0.25) is 4.90 Å². The van der Waals surface area contributed by atoms with Crippen LogP contribution >= 0.6 is 0 Å². The molecule has 0 aliphatic carbocycles. The van der Waals surface area contributed by atoms with Crippen LogP contribution in [-0.2, 0) is 13.1 Å². The molecule has 0 aromatic carbocycles. The molecule has 0 spiro atoms. The number of furan rings is 1. The Morgan fingerprint density at radius 1 is 1.40 bits per heavy atom. The maximum Gasteiger partial charge on any atom is 0.120 e. The minimum Gasteiger partial charge on any atom is -0.463 e. The van der Waals surface area contributed by atoms with Crippen molar-refractivity contribution in [3.8, 4) is 0 Å². The van der Waals surface area contributed by atoms with Gasteiger partial charge in [-0.1, -0.05) is 19.9 Å². The zero-order valence-electron chi connectivity index (χ0n) is 13.9. The lowest BCUT2D eigenvalue weighted by Gasteiger charge is -2.34. The molecule has 1 N–H and O–H groups in total. The highest BCUT2D eigenvalue weighted by Gasteiger charge is 2.21. The minimum atomic E-state index is 0.102. The van der Waals surface area contributed by atoms with E-state index in [-0.39, 0.29) is 5.54 Å². The van der Waals surface area contributed by atoms with Crippen LogP contribution in [0.2, 0.25) is 0 Å². The normalized spacial score (nSPS) is 12.4. The lowest BCUT2D eigenvalue weighted by Crippen LogP contribution is -2.40. The summed E-state index contributed by atoms with van der Waals surface area (Å²) in [7, 11) is 0. The van der Waals surface area contributed by atoms with Crippen LogP contribution in [0.3, 0.4) is 0 Å². The molecule has 0 unspecified atom stereocenters. The molecule has 0 saturated carbocycles. The fraction of sp³-hybridized carbons (Fsp3) is 0.647. The largest absolute Gasteiger partial charge is 0.463 e. The van der Waals surface area contributed by atoms with Crippen molar-refractivity contribution >= 4 is 0 Å². The van der Waals surface area contributed by atoms with Crippen LogP contribution in [0.5, 0.6) is 0 Å². The van der Waals surface area contributed by atoms with Gasteiger partial charge in [0.1, 0.15) is 11.5 Å². The summed E-state index contributed by atoms with van der Waals surface area (Å²) in [5, 5.41) is 3.40. The first-order valence-corrected chi connectivity index (χ1v) is 7.41. The van der Waals surface area contributed by atoms with Gasteiger partial charge in [0.25, 0.3) is 0 Å². The first-order chi connectivity index (χ1) is 9.24. The second kappa shape index (κ2) is 7.09. The first-order valence-electron chi connectivity index (χ1n) is 7.41. The third-order valence-corrected chi connectivity index (χ3v) is 3.39. The third kappa shape index (κ3) is 5.14. The van der Waals surface area contributed by atoms with Crippen molar-refractivity contribution in [1.82, 2.24) is 10.2 Å². The van der Waals surface area contributed by atoms with E-state index in [9.17, 15) is 0 Å². The van der Waals surface area contributed by atoms with E-state index in [1.165, 1.54) is 5.56 Å². The molecule has 1 aromatic heterocycles. The van der Waals surface area contributed by atoms with Crippen LogP contribution in [0, 0.1) is 6.92 Å². The number of hydrogen-bond acceptors (Lipinski definition) is 3. The Balaban J connectivity index is 2.76. The van der Waals surface area contributed by atoms with Gasteiger partial charge in [-0.15, -0.1) is 6.58 Å². The second-order valence-corrected chi connectivity index (χ2v) is 6.69. The van der Waals surface area contributed by atoms with Gasteiger partial charge in [0.05, 0.1) is 13.1 Å². The van der Waals surface area contributed by atoms with Crippen molar-refractivity contribution in [2.45, 2.75) is 66.2 Å². The van der Waals surface area contributed by atoms with Gasteiger partial charge in [-0.05, 0) is 39.3 Å². The van der Waals surface area contributed by atoms with E-state index in [2.05, 4.69) is 64.4 Å². The molecule has 0 amide bonds. The van der Waals surface area contributed by atoms with Crippen molar-refractivity contribution in [1.29, 1.82) is 0 Å². The molecule has 1 rings (SSSR count). The van der Waals surface area contributed by atoms with Gasteiger partial charge in [-0.25, -0.2) is 0 Å². The molecule has 20 heavy (non-hydrogen) atoms. The molecule has 0 aliphatic rings. The third-order valence-electron chi connectivity index (χ3n) is 3.39. The Bertz CT molecular complexity index is 427. The van der Waals surface area contributed by atoms with E-state index in [0.717, 1.165) is 31.2 Å². The van der Waals surface area contributed by atoms with E-state index < -0.39 is 0 Å². The molecule has 0 radical (unpaired) electrons. The fourth-order valence-electron chi connectivity index (χ4n) is 2.06. The molecular formula is C17H30N2O. The first kappa shape index (κ1) is 17.0. The van der Waals surface area contributed by atoms with Crippen molar-refractivity contribution in [2.75, 3.05) is 6.54 Å². The van der Waals surface area contributed by atoms with Gasteiger partial charge < -0.3 is 9.73 Å². The molecule has 0 bridgehead atoms.